The summed E-state index contributed by atoms with van der Waals surface area (Å²) in [6.07, 6.45) is 3.52. The number of hydrogen-bond donors (Lipinski definition) is 0. The molecule has 0 saturated carbocycles. The monoisotopic (exact) mass is 682 g/mol. The van der Waals surface area contributed by atoms with E-state index in [-0.39, 0.29) is 0 Å². The SMILES string of the molecule is c1ccc(N(c2ccccc2)c2ccc(-c3ccc4nn(-c5ccncc5)nc4c3-c3ccc(N(c4ccccc4)c4ccccc4)cc3)cc2)cc1. The molecule has 0 N–H and O–H groups in total. The zero-order valence-corrected chi connectivity index (χ0v) is 28.8. The van der Waals surface area contributed by atoms with Crippen LogP contribution in [0.5, 0.6) is 0 Å². The lowest BCUT2D eigenvalue weighted by Crippen LogP contribution is -2.09. The van der Waals surface area contributed by atoms with Crippen LogP contribution in [-0.4, -0.2) is 20.0 Å². The van der Waals surface area contributed by atoms with Gasteiger partial charge in [0.1, 0.15) is 11.0 Å². The van der Waals surface area contributed by atoms with E-state index in [1.807, 2.05) is 36.4 Å². The van der Waals surface area contributed by atoms with E-state index < -0.39 is 0 Å². The second-order valence-corrected chi connectivity index (χ2v) is 12.7. The van der Waals surface area contributed by atoms with Crippen LogP contribution in [0.2, 0.25) is 0 Å². The minimum absolute atomic E-state index is 0.816. The molecule has 0 saturated heterocycles. The molecule has 0 spiro atoms. The van der Waals surface area contributed by atoms with Gasteiger partial charge in [-0.3, -0.25) is 4.98 Å². The smallest absolute Gasteiger partial charge is 0.122 e. The van der Waals surface area contributed by atoms with Crippen LogP contribution in [0.4, 0.5) is 34.1 Å². The van der Waals surface area contributed by atoms with Crippen molar-refractivity contribution in [3.05, 3.63) is 207 Å². The lowest BCUT2D eigenvalue weighted by atomic mass is 9.93. The van der Waals surface area contributed by atoms with Crippen molar-refractivity contribution in [2.24, 2.45) is 0 Å². The molecular weight excluding hydrogens is 649 g/mol. The standard InChI is InChI=1S/C47H34N6/c1-5-13-37(14-6-1)51(38-15-7-2-8-16-38)41-25-21-35(22-26-41)44-29-30-45-47(50-53(49-45)43-31-33-48-34-32-43)46(44)36-23-27-42(28-24-36)52(39-17-9-3-10-18-39)40-19-11-4-12-20-40/h1-34H. The summed E-state index contributed by atoms with van der Waals surface area (Å²) in [6.45, 7) is 0. The summed E-state index contributed by atoms with van der Waals surface area (Å²) < 4.78 is 0. The fraction of sp³-hybridized carbons (Fsp3) is 0. The third-order valence-electron chi connectivity index (χ3n) is 9.36. The molecule has 7 aromatic carbocycles. The van der Waals surface area contributed by atoms with E-state index in [1.54, 1.807) is 17.2 Å². The molecule has 2 heterocycles. The molecule has 53 heavy (non-hydrogen) atoms. The van der Waals surface area contributed by atoms with E-state index >= 15 is 0 Å². The van der Waals surface area contributed by atoms with Gasteiger partial charge in [0.15, 0.2) is 0 Å². The third kappa shape index (κ3) is 6.30. The van der Waals surface area contributed by atoms with Crippen LogP contribution in [0.3, 0.4) is 0 Å². The Morgan fingerprint density at radius 1 is 0.358 bits per heavy atom. The average molecular weight is 683 g/mol. The highest BCUT2D eigenvalue weighted by atomic mass is 15.5. The number of benzene rings is 7. The van der Waals surface area contributed by atoms with Crippen molar-refractivity contribution < 1.29 is 0 Å². The molecule has 0 radical (unpaired) electrons. The average Bonchev–Trinajstić information content (AvgIpc) is 3.68. The van der Waals surface area contributed by atoms with E-state index in [2.05, 4.69) is 173 Å². The molecule has 0 aliphatic rings. The summed E-state index contributed by atoms with van der Waals surface area (Å²) >= 11 is 0. The number of rotatable bonds is 9. The Balaban J connectivity index is 1.17. The molecule has 252 valence electrons. The van der Waals surface area contributed by atoms with Crippen LogP contribution >= 0.6 is 0 Å². The van der Waals surface area contributed by atoms with Crippen LogP contribution in [0.15, 0.2) is 207 Å². The van der Waals surface area contributed by atoms with Gasteiger partial charge in [-0.2, -0.15) is 4.80 Å². The van der Waals surface area contributed by atoms with E-state index in [0.29, 0.717) is 0 Å². The highest BCUT2D eigenvalue weighted by molar-refractivity contribution is 6.01. The van der Waals surface area contributed by atoms with Gasteiger partial charge < -0.3 is 9.80 Å². The molecule has 6 heteroatoms. The quantitative estimate of drug-likeness (QED) is 0.152. The predicted molar refractivity (Wildman–Crippen MR) is 217 cm³/mol. The molecule has 2 aromatic heterocycles. The Hall–Kier alpha value is -7.31. The third-order valence-corrected chi connectivity index (χ3v) is 9.36. The zero-order valence-electron chi connectivity index (χ0n) is 28.8. The molecule has 0 atom stereocenters. The van der Waals surface area contributed by atoms with Gasteiger partial charge in [-0.15, -0.1) is 10.2 Å². The van der Waals surface area contributed by atoms with Gasteiger partial charge in [-0.05, 0) is 108 Å². The molecule has 0 aliphatic carbocycles. The van der Waals surface area contributed by atoms with Crippen molar-refractivity contribution in [3.63, 3.8) is 0 Å². The van der Waals surface area contributed by atoms with E-state index in [0.717, 1.165) is 73.1 Å². The normalized spacial score (nSPS) is 11.0. The van der Waals surface area contributed by atoms with Crippen LogP contribution in [0, 0.1) is 0 Å². The van der Waals surface area contributed by atoms with Crippen LogP contribution < -0.4 is 9.80 Å². The molecule has 0 aliphatic heterocycles. The summed E-state index contributed by atoms with van der Waals surface area (Å²) in [5.74, 6) is 0. The van der Waals surface area contributed by atoms with Gasteiger partial charge in [0.25, 0.3) is 0 Å². The van der Waals surface area contributed by atoms with Crippen LogP contribution in [0.25, 0.3) is 39.0 Å². The molecule has 6 nitrogen and oxygen atoms in total. The molecule has 0 amide bonds. The summed E-state index contributed by atoms with van der Waals surface area (Å²) in [5, 5.41) is 9.98. The first-order valence-corrected chi connectivity index (χ1v) is 17.6. The molecule has 9 aromatic rings. The van der Waals surface area contributed by atoms with Crippen LogP contribution in [-0.2, 0) is 0 Å². The number of nitrogens with zero attached hydrogens (tertiary/aromatic N) is 6. The van der Waals surface area contributed by atoms with Crippen molar-refractivity contribution in [1.82, 2.24) is 20.0 Å². The lowest BCUT2D eigenvalue weighted by Gasteiger charge is -2.26. The topological polar surface area (TPSA) is 50.1 Å². The number of aromatic nitrogens is 4. The Morgan fingerprint density at radius 3 is 1.23 bits per heavy atom. The first-order valence-electron chi connectivity index (χ1n) is 17.6. The summed E-state index contributed by atoms with van der Waals surface area (Å²) in [6, 6.07) is 67.5. The number of para-hydroxylation sites is 4. The number of pyridine rings is 1. The maximum atomic E-state index is 5.08. The second kappa shape index (κ2) is 14.1. The van der Waals surface area contributed by atoms with Crippen molar-refractivity contribution >= 4 is 45.2 Å². The Kier molecular flexibility index (Phi) is 8.44. The van der Waals surface area contributed by atoms with Gasteiger partial charge in [0, 0.05) is 52.1 Å². The van der Waals surface area contributed by atoms with Gasteiger partial charge in [-0.1, -0.05) is 103 Å². The summed E-state index contributed by atoms with van der Waals surface area (Å²) in [4.78, 5) is 10.4. The minimum Gasteiger partial charge on any atom is -0.311 e. The molecule has 0 bridgehead atoms. The van der Waals surface area contributed by atoms with Gasteiger partial charge in [0.05, 0.1) is 5.69 Å². The van der Waals surface area contributed by atoms with E-state index in [4.69, 9.17) is 10.2 Å². The van der Waals surface area contributed by atoms with Crippen molar-refractivity contribution in [2.75, 3.05) is 9.80 Å². The van der Waals surface area contributed by atoms with Crippen molar-refractivity contribution in [2.45, 2.75) is 0 Å². The van der Waals surface area contributed by atoms with E-state index in [1.165, 1.54) is 0 Å². The first-order chi connectivity index (χ1) is 26.3. The van der Waals surface area contributed by atoms with Gasteiger partial charge in [-0.25, -0.2) is 0 Å². The summed E-state index contributed by atoms with van der Waals surface area (Å²) in [5.41, 5.74) is 13.3. The molecular formula is C47H34N6. The fourth-order valence-corrected chi connectivity index (χ4v) is 6.88. The lowest BCUT2D eigenvalue weighted by molar-refractivity contribution is 0.764. The van der Waals surface area contributed by atoms with Crippen LogP contribution in [0.1, 0.15) is 0 Å². The van der Waals surface area contributed by atoms with E-state index in [9.17, 15) is 0 Å². The highest BCUT2D eigenvalue weighted by Crippen LogP contribution is 2.41. The fourth-order valence-electron chi connectivity index (χ4n) is 6.88. The van der Waals surface area contributed by atoms with Gasteiger partial charge in [0.2, 0.25) is 0 Å². The summed E-state index contributed by atoms with van der Waals surface area (Å²) in [7, 11) is 0. The largest absolute Gasteiger partial charge is 0.311 e. The number of hydrogen-bond acceptors (Lipinski definition) is 5. The minimum atomic E-state index is 0.816. The molecule has 0 unspecified atom stereocenters. The van der Waals surface area contributed by atoms with Gasteiger partial charge >= 0.3 is 0 Å². The Labute approximate surface area is 308 Å². The number of anilines is 6. The second-order valence-electron chi connectivity index (χ2n) is 12.7. The zero-order chi connectivity index (χ0) is 35.4. The molecule has 9 rings (SSSR count). The Morgan fingerprint density at radius 2 is 0.774 bits per heavy atom. The van der Waals surface area contributed by atoms with Crippen molar-refractivity contribution in [3.8, 4) is 27.9 Å². The Bertz CT molecular complexity index is 2500. The molecule has 0 fully saturated rings. The maximum Gasteiger partial charge on any atom is 0.122 e. The highest BCUT2D eigenvalue weighted by Gasteiger charge is 2.19. The van der Waals surface area contributed by atoms with Crippen molar-refractivity contribution in [1.29, 1.82) is 0 Å². The number of fused-ring (bicyclic) bond motifs is 1. The maximum absolute atomic E-state index is 5.08. The predicted octanol–water partition coefficient (Wildman–Crippen LogP) is 12.1. The first kappa shape index (κ1) is 31.7.